The molecule has 106 valence electrons. The van der Waals surface area contributed by atoms with Crippen molar-refractivity contribution in [1.29, 1.82) is 0 Å². The number of benzene rings is 1. The Hall–Kier alpha value is -2.03. The highest BCUT2D eigenvalue weighted by atomic mass is 16.5. The number of nitrogens with one attached hydrogen (secondary N) is 2. The van der Waals surface area contributed by atoms with Crippen LogP contribution in [-0.4, -0.2) is 31.8 Å². The number of carbonyl (C=O) groups excluding carboxylic acids is 1. The van der Waals surface area contributed by atoms with Gasteiger partial charge in [0.15, 0.2) is 0 Å². The molecule has 2 rings (SSSR count). The van der Waals surface area contributed by atoms with E-state index in [1.807, 2.05) is 25.1 Å². The topological polar surface area (TPSA) is 76.4 Å². The predicted molar refractivity (Wildman–Crippen MR) is 78.5 cm³/mol. The largest absolute Gasteiger partial charge is 0.379 e. The lowest BCUT2D eigenvalue weighted by Crippen LogP contribution is -2.38. The summed E-state index contributed by atoms with van der Waals surface area (Å²) < 4.78 is 5.22. The number of nitrogens with two attached hydrogens (primary N) is 1. The summed E-state index contributed by atoms with van der Waals surface area (Å²) in [5, 5.41) is 5.74. The van der Waals surface area contributed by atoms with Crippen LogP contribution in [0.4, 0.5) is 10.5 Å². The fourth-order valence-corrected chi connectivity index (χ4v) is 1.98. The van der Waals surface area contributed by atoms with Crippen LogP contribution in [0.25, 0.3) is 0 Å². The third-order valence-electron chi connectivity index (χ3n) is 3.09. The van der Waals surface area contributed by atoms with Crippen LogP contribution >= 0.6 is 0 Å². The summed E-state index contributed by atoms with van der Waals surface area (Å²) in [7, 11) is 0. The highest BCUT2D eigenvalue weighted by Crippen LogP contribution is 2.16. The van der Waals surface area contributed by atoms with Gasteiger partial charge in [-0.3, -0.25) is 0 Å². The maximum absolute atomic E-state index is 11.9. The Labute approximate surface area is 118 Å². The molecular formula is C15H19N3O2. The van der Waals surface area contributed by atoms with E-state index in [0.29, 0.717) is 19.8 Å². The van der Waals surface area contributed by atoms with Crippen molar-refractivity contribution in [1.82, 2.24) is 5.32 Å². The van der Waals surface area contributed by atoms with Crippen molar-refractivity contribution < 1.29 is 9.53 Å². The van der Waals surface area contributed by atoms with Crippen molar-refractivity contribution in [3.05, 3.63) is 29.3 Å². The summed E-state index contributed by atoms with van der Waals surface area (Å²) in [6.07, 6.45) is 0.856. The van der Waals surface area contributed by atoms with E-state index in [-0.39, 0.29) is 12.1 Å². The molecule has 1 aromatic rings. The average molecular weight is 273 g/mol. The molecule has 0 aliphatic carbocycles. The number of hydrogen-bond acceptors (Lipinski definition) is 3. The minimum absolute atomic E-state index is 0.0931. The smallest absolute Gasteiger partial charge is 0.319 e. The first-order chi connectivity index (χ1) is 9.69. The number of amides is 2. The quantitative estimate of drug-likeness (QED) is 0.709. The van der Waals surface area contributed by atoms with Crippen LogP contribution in [0.3, 0.4) is 0 Å². The van der Waals surface area contributed by atoms with Gasteiger partial charge in [0, 0.05) is 17.9 Å². The van der Waals surface area contributed by atoms with Crippen LogP contribution < -0.4 is 16.4 Å². The van der Waals surface area contributed by atoms with Crippen LogP contribution in [0.5, 0.6) is 0 Å². The Morgan fingerprint density at radius 3 is 3.10 bits per heavy atom. The second kappa shape index (κ2) is 6.94. The van der Waals surface area contributed by atoms with E-state index in [4.69, 9.17) is 10.5 Å². The van der Waals surface area contributed by atoms with Gasteiger partial charge in [0.05, 0.1) is 19.2 Å². The molecule has 1 saturated heterocycles. The predicted octanol–water partition coefficient (Wildman–Crippen LogP) is 1.22. The van der Waals surface area contributed by atoms with Gasteiger partial charge in [-0.1, -0.05) is 17.9 Å². The molecule has 0 radical (unpaired) electrons. The number of ether oxygens (including phenoxy) is 1. The molecule has 1 unspecified atom stereocenters. The van der Waals surface area contributed by atoms with Gasteiger partial charge < -0.3 is 21.1 Å². The molecule has 1 aliphatic heterocycles. The van der Waals surface area contributed by atoms with Gasteiger partial charge in [0.1, 0.15) is 0 Å². The SMILES string of the molecule is Cc1ccc(C#CCN)cc1NC(=O)NC1CCOC1. The molecule has 5 heteroatoms. The molecule has 0 saturated carbocycles. The van der Waals surface area contributed by atoms with Crippen LogP contribution in [0.1, 0.15) is 17.5 Å². The Morgan fingerprint density at radius 2 is 2.40 bits per heavy atom. The van der Waals surface area contributed by atoms with Crippen molar-refractivity contribution in [2.24, 2.45) is 5.73 Å². The molecule has 0 spiro atoms. The Morgan fingerprint density at radius 1 is 1.55 bits per heavy atom. The van der Waals surface area contributed by atoms with Gasteiger partial charge in [-0.25, -0.2) is 4.79 Å². The Balaban J connectivity index is 2.01. The fraction of sp³-hybridized carbons (Fsp3) is 0.400. The van der Waals surface area contributed by atoms with Gasteiger partial charge in [-0.2, -0.15) is 0 Å². The summed E-state index contributed by atoms with van der Waals surface area (Å²) in [6, 6.07) is 5.56. The Bertz CT molecular complexity index is 540. The van der Waals surface area contributed by atoms with Gasteiger partial charge >= 0.3 is 6.03 Å². The van der Waals surface area contributed by atoms with Crippen LogP contribution in [-0.2, 0) is 4.74 Å². The number of aryl methyl sites for hydroxylation is 1. The molecule has 1 heterocycles. The average Bonchev–Trinajstić information content (AvgIpc) is 2.92. The number of carbonyl (C=O) groups is 1. The molecule has 5 nitrogen and oxygen atoms in total. The van der Waals surface area contributed by atoms with Gasteiger partial charge in [0.2, 0.25) is 0 Å². The standard InChI is InChI=1S/C15H19N3O2/c1-11-4-5-12(3-2-7-16)9-14(11)18-15(19)17-13-6-8-20-10-13/h4-5,9,13H,6-8,10,16H2,1H3,(H2,17,18,19). The van der Waals surface area contributed by atoms with Crippen molar-refractivity contribution in [3.63, 3.8) is 0 Å². The molecule has 1 fully saturated rings. The van der Waals surface area contributed by atoms with E-state index in [9.17, 15) is 4.79 Å². The molecule has 1 aromatic carbocycles. The zero-order chi connectivity index (χ0) is 14.4. The van der Waals surface area contributed by atoms with E-state index in [1.54, 1.807) is 0 Å². The maximum atomic E-state index is 11.9. The molecule has 1 aliphatic rings. The minimum Gasteiger partial charge on any atom is -0.379 e. The van der Waals surface area contributed by atoms with E-state index in [2.05, 4.69) is 22.5 Å². The number of hydrogen-bond donors (Lipinski definition) is 3. The van der Waals surface area contributed by atoms with E-state index >= 15 is 0 Å². The van der Waals surface area contributed by atoms with Gasteiger partial charge in [-0.05, 0) is 31.0 Å². The van der Waals surface area contributed by atoms with E-state index in [1.165, 1.54) is 0 Å². The highest BCUT2D eigenvalue weighted by Gasteiger charge is 2.17. The van der Waals surface area contributed by atoms with Crippen LogP contribution in [0.15, 0.2) is 18.2 Å². The first-order valence-electron chi connectivity index (χ1n) is 6.64. The van der Waals surface area contributed by atoms with Gasteiger partial charge in [-0.15, -0.1) is 0 Å². The second-order valence-electron chi connectivity index (χ2n) is 4.69. The first-order valence-corrected chi connectivity index (χ1v) is 6.64. The molecule has 4 N–H and O–H groups in total. The zero-order valence-corrected chi connectivity index (χ0v) is 11.5. The number of urea groups is 1. The normalized spacial score (nSPS) is 17.2. The summed E-state index contributed by atoms with van der Waals surface area (Å²) in [6.45, 7) is 3.54. The highest BCUT2D eigenvalue weighted by molar-refractivity contribution is 5.90. The van der Waals surface area contributed by atoms with Crippen molar-refractivity contribution in [2.75, 3.05) is 25.1 Å². The second-order valence-corrected chi connectivity index (χ2v) is 4.69. The fourth-order valence-electron chi connectivity index (χ4n) is 1.98. The lowest BCUT2D eigenvalue weighted by molar-refractivity contribution is 0.189. The third kappa shape index (κ3) is 3.98. The lowest BCUT2D eigenvalue weighted by Gasteiger charge is -2.13. The monoisotopic (exact) mass is 273 g/mol. The summed E-state index contributed by atoms with van der Waals surface area (Å²) in [4.78, 5) is 11.9. The maximum Gasteiger partial charge on any atom is 0.319 e. The number of rotatable bonds is 2. The molecule has 1 atom stereocenters. The molecule has 0 bridgehead atoms. The molecule has 2 amide bonds. The molecule has 0 aromatic heterocycles. The molecular weight excluding hydrogens is 254 g/mol. The summed E-state index contributed by atoms with van der Waals surface area (Å²) >= 11 is 0. The first kappa shape index (κ1) is 14.4. The van der Waals surface area contributed by atoms with Crippen molar-refractivity contribution in [3.8, 4) is 11.8 Å². The third-order valence-corrected chi connectivity index (χ3v) is 3.09. The van der Waals surface area contributed by atoms with Crippen molar-refractivity contribution in [2.45, 2.75) is 19.4 Å². The Kier molecular flexibility index (Phi) is 4.99. The zero-order valence-electron chi connectivity index (χ0n) is 11.5. The lowest BCUT2D eigenvalue weighted by atomic mass is 10.1. The molecule has 20 heavy (non-hydrogen) atoms. The minimum atomic E-state index is -0.215. The van der Waals surface area contributed by atoms with E-state index in [0.717, 1.165) is 23.2 Å². The van der Waals surface area contributed by atoms with E-state index < -0.39 is 0 Å². The van der Waals surface area contributed by atoms with Crippen LogP contribution in [0.2, 0.25) is 0 Å². The number of anilines is 1. The van der Waals surface area contributed by atoms with Crippen LogP contribution in [0, 0.1) is 18.8 Å². The summed E-state index contributed by atoms with van der Waals surface area (Å²) in [5.41, 5.74) is 7.93. The van der Waals surface area contributed by atoms with Crippen molar-refractivity contribution >= 4 is 11.7 Å². The summed E-state index contributed by atoms with van der Waals surface area (Å²) in [5.74, 6) is 5.75. The van der Waals surface area contributed by atoms with Gasteiger partial charge in [0.25, 0.3) is 0 Å².